The first kappa shape index (κ1) is 20.5. The molecule has 0 unspecified atom stereocenters. The van der Waals surface area contributed by atoms with Crippen molar-refractivity contribution >= 4 is 11.8 Å². The zero-order valence-electron chi connectivity index (χ0n) is 16.3. The Morgan fingerprint density at radius 2 is 1.47 bits per heavy atom. The lowest BCUT2D eigenvalue weighted by atomic mass is 9.95. The molecule has 4 aromatic rings. The maximum atomic E-state index is 12.6. The molecule has 4 rings (SSSR count). The molecular weight excluding hydrogens is 424 g/mol. The van der Waals surface area contributed by atoms with Crippen molar-refractivity contribution < 1.29 is 0 Å². The van der Waals surface area contributed by atoms with E-state index in [9.17, 15) is 15.3 Å². The highest BCUT2D eigenvalue weighted by molar-refractivity contribution is 7.98. The highest BCUT2D eigenvalue weighted by Gasteiger charge is 2.20. The summed E-state index contributed by atoms with van der Waals surface area (Å²) in [4.78, 5) is 15.2. The summed E-state index contributed by atoms with van der Waals surface area (Å²) in [7, 11) is 0. The Morgan fingerprint density at radius 3 is 2.03 bits per heavy atom. The van der Waals surface area contributed by atoms with Crippen molar-refractivity contribution in [2.24, 2.45) is 0 Å². The molecule has 0 atom stereocenters. The number of rotatable bonds is 5. The lowest BCUT2D eigenvalue weighted by Gasteiger charge is -2.11. The number of pyridine rings is 1. The first-order chi connectivity index (χ1) is 15.6. The van der Waals surface area contributed by atoms with E-state index in [0.717, 1.165) is 11.1 Å². The van der Waals surface area contributed by atoms with Crippen molar-refractivity contribution in [1.82, 2.24) is 25.6 Å². The van der Waals surface area contributed by atoms with Gasteiger partial charge in [0.15, 0.2) is 5.82 Å². The van der Waals surface area contributed by atoms with Crippen LogP contribution in [-0.2, 0) is 5.75 Å². The zero-order chi connectivity index (χ0) is 22.5. The Hall–Kier alpha value is -4.72. The van der Waals surface area contributed by atoms with E-state index in [4.69, 9.17) is 5.26 Å². The van der Waals surface area contributed by atoms with Gasteiger partial charge in [0.1, 0.15) is 17.7 Å². The smallest absolute Gasteiger partial charge is 0.267 e. The SMILES string of the molecule is N#Cc1ccc(-c2ccc(-c3c(C#N)c(SCc4nn[nH]n4)[nH]c(=O)c3C#N)cc2)cc1. The van der Waals surface area contributed by atoms with Crippen molar-refractivity contribution in [3.63, 3.8) is 0 Å². The molecule has 0 bridgehead atoms. The number of aromatic amines is 2. The summed E-state index contributed by atoms with van der Waals surface area (Å²) in [6.45, 7) is 0. The molecule has 2 heterocycles. The average Bonchev–Trinajstić information content (AvgIpc) is 3.36. The predicted molar refractivity (Wildman–Crippen MR) is 116 cm³/mol. The molecule has 0 aliphatic carbocycles. The summed E-state index contributed by atoms with van der Waals surface area (Å²) >= 11 is 1.18. The van der Waals surface area contributed by atoms with Gasteiger partial charge >= 0.3 is 0 Å². The van der Waals surface area contributed by atoms with Crippen molar-refractivity contribution in [3.8, 4) is 40.5 Å². The molecule has 0 saturated heterocycles. The molecule has 0 aliphatic heterocycles. The quantitative estimate of drug-likeness (QED) is 0.451. The Kier molecular flexibility index (Phi) is 5.76. The number of benzene rings is 2. The van der Waals surface area contributed by atoms with Crippen LogP contribution in [0.3, 0.4) is 0 Å². The molecular formula is C22H12N8OS. The third-order valence-corrected chi connectivity index (χ3v) is 5.66. The second-order valence-corrected chi connectivity index (χ2v) is 7.50. The standard InChI is InChI=1S/C22H12N8OS/c23-9-13-1-3-14(4-2-13)15-5-7-16(8-6-15)20-17(10-24)21(31)26-22(18(20)11-25)32-12-19-27-29-30-28-19/h1-8H,12H2,(H,26,31)(H,27,28,29,30). The van der Waals surface area contributed by atoms with E-state index in [2.05, 4.69) is 37.7 Å². The van der Waals surface area contributed by atoms with Crippen LogP contribution in [0.4, 0.5) is 0 Å². The maximum Gasteiger partial charge on any atom is 0.267 e. The van der Waals surface area contributed by atoms with Crippen LogP contribution in [0.25, 0.3) is 22.3 Å². The normalized spacial score (nSPS) is 10.2. The van der Waals surface area contributed by atoms with Crippen LogP contribution in [0.15, 0.2) is 58.4 Å². The fourth-order valence-corrected chi connectivity index (χ4v) is 3.99. The average molecular weight is 436 g/mol. The summed E-state index contributed by atoms with van der Waals surface area (Å²) in [6, 6.07) is 20.5. The second-order valence-electron chi connectivity index (χ2n) is 6.52. The van der Waals surface area contributed by atoms with E-state index in [1.165, 1.54) is 11.8 Å². The molecule has 32 heavy (non-hydrogen) atoms. The van der Waals surface area contributed by atoms with Crippen LogP contribution in [0.5, 0.6) is 0 Å². The number of H-pyrrole nitrogens is 2. The van der Waals surface area contributed by atoms with Crippen LogP contribution in [0.1, 0.15) is 22.5 Å². The van der Waals surface area contributed by atoms with Gasteiger partial charge in [-0.25, -0.2) is 0 Å². The number of tetrazole rings is 1. The van der Waals surface area contributed by atoms with E-state index < -0.39 is 5.56 Å². The van der Waals surface area contributed by atoms with Gasteiger partial charge in [-0.2, -0.15) is 21.0 Å². The number of thioether (sulfide) groups is 1. The number of aromatic nitrogens is 5. The van der Waals surface area contributed by atoms with E-state index in [0.29, 0.717) is 22.0 Å². The minimum atomic E-state index is -0.576. The first-order valence-electron chi connectivity index (χ1n) is 9.21. The molecule has 2 aromatic carbocycles. The van der Waals surface area contributed by atoms with E-state index in [1.54, 1.807) is 24.3 Å². The third kappa shape index (κ3) is 3.97. The van der Waals surface area contributed by atoms with Gasteiger partial charge in [-0.1, -0.05) is 53.4 Å². The molecule has 2 aromatic heterocycles. The summed E-state index contributed by atoms with van der Waals surface area (Å²) in [6.07, 6.45) is 0. The molecule has 0 radical (unpaired) electrons. The van der Waals surface area contributed by atoms with Gasteiger partial charge in [-0.05, 0) is 28.8 Å². The Morgan fingerprint density at radius 1 is 0.844 bits per heavy atom. The topological polar surface area (TPSA) is 159 Å². The molecule has 0 spiro atoms. The monoisotopic (exact) mass is 436 g/mol. The molecule has 2 N–H and O–H groups in total. The van der Waals surface area contributed by atoms with E-state index in [1.807, 2.05) is 30.3 Å². The first-order valence-corrected chi connectivity index (χ1v) is 10.2. The number of hydrogen-bond donors (Lipinski definition) is 2. The van der Waals surface area contributed by atoms with Crippen molar-refractivity contribution in [3.05, 3.63) is 81.4 Å². The number of nitrogens with zero attached hydrogens (tertiary/aromatic N) is 6. The summed E-state index contributed by atoms with van der Waals surface area (Å²) in [5.74, 6) is 0.696. The Bertz CT molecular complexity index is 1450. The van der Waals surface area contributed by atoms with Crippen LogP contribution in [0.2, 0.25) is 0 Å². The van der Waals surface area contributed by atoms with Crippen LogP contribution in [-0.4, -0.2) is 25.6 Å². The largest absolute Gasteiger partial charge is 0.315 e. The van der Waals surface area contributed by atoms with Crippen LogP contribution < -0.4 is 5.56 Å². The van der Waals surface area contributed by atoms with Gasteiger partial charge < -0.3 is 4.98 Å². The van der Waals surface area contributed by atoms with E-state index >= 15 is 0 Å². The van der Waals surface area contributed by atoms with Crippen molar-refractivity contribution in [2.75, 3.05) is 0 Å². The van der Waals surface area contributed by atoms with Gasteiger partial charge in [0.25, 0.3) is 5.56 Å². The fraction of sp³-hybridized carbons (Fsp3) is 0.0455. The van der Waals surface area contributed by atoms with Gasteiger partial charge in [-0.3, -0.25) is 4.79 Å². The molecule has 0 fully saturated rings. The molecule has 0 aliphatic rings. The predicted octanol–water partition coefficient (Wildman–Crippen LogP) is 3.13. The molecule has 9 nitrogen and oxygen atoms in total. The second kappa shape index (κ2) is 8.97. The number of nitrogens with one attached hydrogen (secondary N) is 2. The highest BCUT2D eigenvalue weighted by Crippen LogP contribution is 2.33. The Labute approximate surface area is 186 Å². The Balaban J connectivity index is 1.76. The van der Waals surface area contributed by atoms with Crippen LogP contribution >= 0.6 is 11.8 Å². The van der Waals surface area contributed by atoms with Gasteiger partial charge in [0.2, 0.25) is 0 Å². The van der Waals surface area contributed by atoms with Crippen molar-refractivity contribution in [2.45, 2.75) is 10.8 Å². The minimum absolute atomic E-state index is 0.128. The number of hydrogen-bond acceptors (Lipinski definition) is 8. The number of nitriles is 3. The van der Waals surface area contributed by atoms with E-state index in [-0.39, 0.29) is 22.4 Å². The lowest BCUT2D eigenvalue weighted by Crippen LogP contribution is -2.15. The van der Waals surface area contributed by atoms with Gasteiger partial charge in [0, 0.05) is 5.56 Å². The van der Waals surface area contributed by atoms with Crippen LogP contribution in [0, 0.1) is 34.0 Å². The summed E-state index contributed by atoms with van der Waals surface area (Å²) in [5.41, 5.74) is 2.72. The molecule has 152 valence electrons. The molecule has 0 amide bonds. The third-order valence-electron chi connectivity index (χ3n) is 4.66. The fourth-order valence-electron chi connectivity index (χ4n) is 3.14. The lowest BCUT2D eigenvalue weighted by molar-refractivity contribution is 0.881. The summed E-state index contributed by atoms with van der Waals surface area (Å²) < 4.78 is 0. The van der Waals surface area contributed by atoms with Crippen molar-refractivity contribution in [1.29, 1.82) is 15.8 Å². The zero-order valence-corrected chi connectivity index (χ0v) is 17.1. The van der Waals surface area contributed by atoms with Gasteiger partial charge in [0.05, 0.1) is 28.0 Å². The molecule has 0 saturated carbocycles. The van der Waals surface area contributed by atoms with Gasteiger partial charge in [-0.15, -0.1) is 10.2 Å². The maximum absolute atomic E-state index is 12.6. The molecule has 10 heteroatoms. The summed E-state index contributed by atoms with van der Waals surface area (Å²) in [5, 5.41) is 42.3. The minimum Gasteiger partial charge on any atom is -0.315 e. The highest BCUT2D eigenvalue weighted by atomic mass is 32.2.